The summed E-state index contributed by atoms with van der Waals surface area (Å²) in [6.45, 7) is 4.71. The maximum absolute atomic E-state index is 10.8. The molecule has 0 saturated carbocycles. The first-order valence-corrected chi connectivity index (χ1v) is 6.15. The van der Waals surface area contributed by atoms with E-state index in [1.54, 1.807) is 13.0 Å². The van der Waals surface area contributed by atoms with Gasteiger partial charge in [0.15, 0.2) is 0 Å². The first-order chi connectivity index (χ1) is 8.56. The van der Waals surface area contributed by atoms with Crippen molar-refractivity contribution in [3.8, 4) is 0 Å². The standard InChI is InChI=1S/C13H20N2O3/c1-10(9-16)5-4-8-14-12-6-3-7-13(11(12)2)15(17)18/h3,6-7,10,14,16H,4-5,8-9H2,1-2H3. The number of aliphatic hydroxyl groups is 1. The molecule has 0 aliphatic carbocycles. The van der Waals surface area contributed by atoms with Crippen LogP contribution >= 0.6 is 0 Å². The molecule has 0 spiro atoms. The summed E-state index contributed by atoms with van der Waals surface area (Å²) in [5, 5.41) is 22.9. The molecule has 2 N–H and O–H groups in total. The molecule has 0 aromatic heterocycles. The Morgan fingerprint density at radius 3 is 2.83 bits per heavy atom. The predicted octanol–water partition coefficient (Wildman–Crippen LogP) is 2.72. The number of benzene rings is 1. The highest BCUT2D eigenvalue weighted by Gasteiger charge is 2.12. The molecular formula is C13H20N2O3. The second-order valence-corrected chi connectivity index (χ2v) is 4.56. The number of nitrogens with zero attached hydrogens (tertiary/aromatic N) is 1. The van der Waals surface area contributed by atoms with E-state index < -0.39 is 0 Å². The second-order valence-electron chi connectivity index (χ2n) is 4.56. The maximum atomic E-state index is 10.8. The molecule has 5 heteroatoms. The molecule has 0 fully saturated rings. The molecule has 0 aliphatic rings. The summed E-state index contributed by atoms with van der Waals surface area (Å²) in [6.07, 6.45) is 1.88. The van der Waals surface area contributed by atoms with Crippen LogP contribution in [0.15, 0.2) is 18.2 Å². The van der Waals surface area contributed by atoms with Gasteiger partial charge in [0.25, 0.3) is 5.69 Å². The van der Waals surface area contributed by atoms with Crippen LogP contribution in [0.5, 0.6) is 0 Å². The summed E-state index contributed by atoms with van der Waals surface area (Å²) in [7, 11) is 0. The normalized spacial score (nSPS) is 12.2. The second kappa shape index (κ2) is 6.96. The van der Waals surface area contributed by atoms with Gasteiger partial charge in [-0.1, -0.05) is 13.0 Å². The maximum Gasteiger partial charge on any atom is 0.274 e. The van der Waals surface area contributed by atoms with Gasteiger partial charge in [-0.25, -0.2) is 0 Å². The average Bonchev–Trinajstić information content (AvgIpc) is 2.35. The number of hydrogen-bond donors (Lipinski definition) is 2. The molecule has 1 unspecified atom stereocenters. The van der Waals surface area contributed by atoms with Crippen molar-refractivity contribution in [1.82, 2.24) is 0 Å². The Hall–Kier alpha value is -1.62. The fourth-order valence-electron chi connectivity index (χ4n) is 1.78. The lowest BCUT2D eigenvalue weighted by molar-refractivity contribution is -0.385. The monoisotopic (exact) mass is 252 g/mol. The van der Waals surface area contributed by atoms with Gasteiger partial charge in [-0.2, -0.15) is 0 Å². The zero-order chi connectivity index (χ0) is 13.5. The zero-order valence-electron chi connectivity index (χ0n) is 10.8. The van der Waals surface area contributed by atoms with Gasteiger partial charge in [-0.3, -0.25) is 10.1 Å². The Balaban J connectivity index is 2.53. The molecule has 1 rings (SSSR count). The van der Waals surface area contributed by atoms with Crippen molar-refractivity contribution in [2.24, 2.45) is 5.92 Å². The van der Waals surface area contributed by atoms with E-state index in [4.69, 9.17) is 5.11 Å². The molecule has 1 aromatic rings. The Labute approximate surface area is 107 Å². The molecule has 100 valence electrons. The summed E-state index contributed by atoms with van der Waals surface area (Å²) in [4.78, 5) is 10.4. The van der Waals surface area contributed by atoms with Crippen molar-refractivity contribution < 1.29 is 10.0 Å². The van der Waals surface area contributed by atoms with Crippen LogP contribution in [0.25, 0.3) is 0 Å². The molecular weight excluding hydrogens is 232 g/mol. The summed E-state index contributed by atoms with van der Waals surface area (Å²) in [6, 6.07) is 5.04. The minimum absolute atomic E-state index is 0.142. The average molecular weight is 252 g/mol. The number of aliphatic hydroxyl groups excluding tert-OH is 1. The van der Waals surface area contributed by atoms with Crippen LogP contribution in [0.1, 0.15) is 25.3 Å². The van der Waals surface area contributed by atoms with E-state index >= 15 is 0 Å². The quantitative estimate of drug-likeness (QED) is 0.444. The van der Waals surface area contributed by atoms with E-state index in [2.05, 4.69) is 5.32 Å². The lowest BCUT2D eigenvalue weighted by Gasteiger charge is -2.11. The predicted molar refractivity (Wildman–Crippen MR) is 71.8 cm³/mol. The first kappa shape index (κ1) is 14.4. The molecule has 0 amide bonds. The van der Waals surface area contributed by atoms with Gasteiger partial charge < -0.3 is 10.4 Å². The topological polar surface area (TPSA) is 75.4 Å². The SMILES string of the molecule is Cc1c(NCCCC(C)CO)cccc1[N+](=O)[O-]. The fraction of sp³-hybridized carbons (Fsp3) is 0.538. The highest BCUT2D eigenvalue weighted by molar-refractivity contribution is 5.59. The van der Waals surface area contributed by atoms with E-state index in [9.17, 15) is 10.1 Å². The van der Waals surface area contributed by atoms with Gasteiger partial charge in [0.1, 0.15) is 0 Å². The van der Waals surface area contributed by atoms with E-state index in [-0.39, 0.29) is 17.2 Å². The summed E-state index contributed by atoms with van der Waals surface area (Å²) >= 11 is 0. The van der Waals surface area contributed by atoms with Crippen LogP contribution in [-0.4, -0.2) is 23.2 Å². The van der Waals surface area contributed by atoms with E-state index in [0.29, 0.717) is 11.5 Å². The molecule has 0 heterocycles. The minimum atomic E-state index is -0.367. The highest BCUT2D eigenvalue weighted by Crippen LogP contribution is 2.24. The Morgan fingerprint density at radius 1 is 1.50 bits per heavy atom. The third-order valence-corrected chi connectivity index (χ3v) is 3.00. The Kier molecular flexibility index (Phi) is 5.58. The van der Waals surface area contributed by atoms with Gasteiger partial charge in [0, 0.05) is 30.5 Å². The third kappa shape index (κ3) is 4.00. The van der Waals surface area contributed by atoms with Crippen molar-refractivity contribution in [3.63, 3.8) is 0 Å². The molecule has 0 radical (unpaired) electrons. The van der Waals surface area contributed by atoms with Gasteiger partial charge >= 0.3 is 0 Å². The van der Waals surface area contributed by atoms with Gasteiger partial charge in [0.05, 0.1) is 4.92 Å². The van der Waals surface area contributed by atoms with E-state index in [1.165, 1.54) is 6.07 Å². The number of nitrogens with one attached hydrogen (secondary N) is 1. The Bertz CT molecular complexity index is 407. The zero-order valence-corrected chi connectivity index (χ0v) is 10.8. The minimum Gasteiger partial charge on any atom is -0.396 e. The lowest BCUT2D eigenvalue weighted by Crippen LogP contribution is -2.07. The van der Waals surface area contributed by atoms with Crippen LogP contribution in [0, 0.1) is 23.0 Å². The van der Waals surface area contributed by atoms with Crippen molar-refractivity contribution in [3.05, 3.63) is 33.9 Å². The highest BCUT2D eigenvalue weighted by atomic mass is 16.6. The molecule has 1 aromatic carbocycles. The fourth-order valence-corrected chi connectivity index (χ4v) is 1.78. The molecule has 0 bridgehead atoms. The first-order valence-electron chi connectivity index (χ1n) is 6.15. The number of hydrogen-bond acceptors (Lipinski definition) is 4. The largest absolute Gasteiger partial charge is 0.396 e. The molecule has 0 saturated heterocycles. The van der Waals surface area contributed by atoms with Gasteiger partial charge in [0.2, 0.25) is 0 Å². The van der Waals surface area contributed by atoms with Crippen molar-refractivity contribution in [2.75, 3.05) is 18.5 Å². The number of nitro groups is 1. The van der Waals surface area contributed by atoms with Crippen LogP contribution < -0.4 is 5.32 Å². The molecule has 18 heavy (non-hydrogen) atoms. The van der Waals surface area contributed by atoms with E-state index in [0.717, 1.165) is 25.1 Å². The summed E-state index contributed by atoms with van der Waals surface area (Å²) < 4.78 is 0. The Morgan fingerprint density at radius 2 is 2.22 bits per heavy atom. The smallest absolute Gasteiger partial charge is 0.274 e. The number of rotatable bonds is 7. The molecule has 0 aliphatic heterocycles. The van der Waals surface area contributed by atoms with Crippen LogP contribution in [-0.2, 0) is 0 Å². The summed E-state index contributed by atoms with van der Waals surface area (Å²) in [5.74, 6) is 0.304. The van der Waals surface area contributed by atoms with Crippen molar-refractivity contribution in [2.45, 2.75) is 26.7 Å². The number of nitro benzene ring substituents is 1. The molecule has 5 nitrogen and oxygen atoms in total. The van der Waals surface area contributed by atoms with E-state index in [1.807, 2.05) is 13.0 Å². The van der Waals surface area contributed by atoms with Gasteiger partial charge in [-0.05, 0) is 31.7 Å². The third-order valence-electron chi connectivity index (χ3n) is 3.00. The van der Waals surface area contributed by atoms with Crippen molar-refractivity contribution in [1.29, 1.82) is 0 Å². The van der Waals surface area contributed by atoms with Crippen LogP contribution in [0.4, 0.5) is 11.4 Å². The summed E-state index contributed by atoms with van der Waals surface area (Å²) in [5.41, 5.74) is 1.61. The number of anilines is 1. The lowest BCUT2D eigenvalue weighted by atomic mass is 10.1. The van der Waals surface area contributed by atoms with Crippen LogP contribution in [0.3, 0.4) is 0 Å². The molecule has 1 atom stereocenters. The van der Waals surface area contributed by atoms with Crippen molar-refractivity contribution >= 4 is 11.4 Å². The van der Waals surface area contributed by atoms with Crippen LogP contribution in [0.2, 0.25) is 0 Å². The van der Waals surface area contributed by atoms with Gasteiger partial charge in [-0.15, -0.1) is 0 Å².